The van der Waals surface area contributed by atoms with Gasteiger partial charge in [0.1, 0.15) is 5.75 Å². The predicted molar refractivity (Wildman–Crippen MR) is 80.2 cm³/mol. The van der Waals surface area contributed by atoms with Crippen molar-refractivity contribution in [2.75, 3.05) is 46.1 Å². The fourth-order valence-corrected chi connectivity index (χ4v) is 2.23. The Balaban J connectivity index is 1.87. The van der Waals surface area contributed by atoms with Crippen LogP contribution >= 0.6 is 0 Å². The van der Waals surface area contributed by atoms with Crippen LogP contribution in [0.25, 0.3) is 0 Å². The van der Waals surface area contributed by atoms with E-state index in [4.69, 9.17) is 4.74 Å². The monoisotopic (exact) mass is 277 g/mol. The van der Waals surface area contributed by atoms with Gasteiger partial charge in [0, 0.05) is 13.6 Å². The second kappa shape index (κ2) is 6.61. The van der Waals surface area contributed by atoms with Crippen molar-refractivity contribution in [2.45, 2.75) is 12.5 Å². The minimum Gasteiger partial charge on any atom is -0.477 e. The van der Waals surface area contributed by atoms with E-state index in [2.05, 4.69) is 10.2 Å². The van der Waals surface area contributed by atoms with Gasteiger partial charge in [-0.25, -0.2) is 0 Å². The van der Waals surface area contributed by atoms with Crippen molar-refractivity contribution in [3.63, 3.8) is 0 Å². The summed E-state index contributed by atoms with van der Waals surface area (Å²) < 4.78 is 5.78. The van der Waals surface area contributed by atoms with Gasteiger partial charge in [0.25, 0.3) is 5.91 Å². The lowest BCUT2D eigenvalue weighted by atomic mass is 10.2. The molecule has 0 spiro atoms. The summed E-state index contributed by atoms with van der Waals surface area (Å²) in [5, 5.41) is 3.24. The van der Waals surface area contributed by atoms with Crippen molar-refractivity contribution in [1.29, 1.82) is 0 Å². The van der Waals surface area contributed by atoms with Gasteiger partial charge in [-0.2, -0.15) is 0 Å². The number of para-hydroxylation sites is 2. The van der Waals surface area contributed by atoms with Crippen molar-refractivity contribution >= 4 is 11.6 Å². The number of likely N-dealkylation sites (N-methyl/N-ethyl adjacent to an activating group) is 1. The smallest absolute Gasteiger partial charge is 0.265 e. The van der Waals surface area contributed by atoms with E-state index in [9.17, 15) is 4.79 Å². The van der Waals surface area contributed by atoms with E-state index in [1.54, 1.807) is 4.90 Å². The first-order chi connectivity index (χ1) is 9.58. The van der Waals surface area contributed by atoms with Crippen LogP contribution in [0, 0.1) is 0 Å². The number of benzene rings is 1. The summed E-state index contributed by atoms with van der Waals surface area (Å²) in [6, 6.07) is 7.70. The van der Waals surface area contributed by atoms with Crippen LogP contribution in [-0.4, -0.2) is 62.6 Å². The number of ether oxygens (including phenoxy) is 1. The van der Waals surface area contributed by atoms with E-state index in [0.29, 0.717) is 6.54 Å². The quantitative estimate of drug-likeness (QED) is 0.880. The standard InChI is InChI=1S/C15H23N3O2/c1-17(2)9-6-10-18(3)15(19)14-11-16-12-7-4-5-8-13(12)20-14/h4-5,7-8,14,16H,6,9-11H2,1-3H3. The zero-order chi connectivity index (χ0) is 14.5. The normalized spacial score (nSPS) is 17.1. The molecule has 1 heterocycles. The third-order valence-corrected chi connectivity index (χ3v) is 3.38. The van der Waals surface area contributed by atoms with Gasteiger partial charge in [0.05, 0.1) is 12.2 Å². The van der Waals surface area contributed by atoms with Crippen molar-refractivity contribution < 1.29 is 9.53 Å². The number of amides is 1. The van der Waals surface area contributed by atoms with Gasteiger partial charge >= 0.3 is 0 Å². The Morgan fingerprint density at radius 2 is 2.05 bits per heavy atom. The van der Waals surface area contributed by atoms with Crippen LogP contribution < -0.4 is 10.1 Å². The van der Waals surface area contributed by atoms with Crippen LogP contribution in [0.1, 0.15) is 6.42 Å². The summed E-state index contributed by atoms with van der Waals surface area (Å²) in [6.07, 6.45) is 0.528. The summed E-state index contributed by atoms with van der Waals surface area (Å²) in [7, 11) is 5.90. The molecule has 0 saturated carbocycles. The van der Waals surface area contributed by atoms with Crippen LogP contribution in [0.2, 0.25) is 0 Å². The lowest BCUT2D eigenvalue weighted by Gasteiger charge is -2.29. The SMILES string of the molecule is CN(C)CCCN(C)C(=O)C1CNc2ccccc2O1. The third kappa shape index (κ3) is 3.63. The third-order valence-electron chi connectivity index (χ3n) is 3.38. The number of rotatable bonds is 5. The van der Waals surface area contributed by atoms with E-state index in [-0.39, 0.29) is 5.91 Å². The first kappa shape index (κ1) is 14.7. The number of carbonyl (C=O) groups is 1. The highest BCUT2D eigenvalue weighted by Crippen LogP contribution is 2.28. The average Bonchev–Trinajstić information content (AvgIpc) is 2.45. The molecule has 0 fully saturated rings. The first-order valence-corrected chi connectivity index (χ1v) is 6.97. The summed E-state index contributed by atoms with van der Waals surface area (Å²) >= 11 is 0. The molecule has 0 radical (unpaired) electrons. The van der Waals surface area contributed by atoms with Gasteiger partial charge in [-0.3, -0.25) is 4.79 Å². The maximum atomic E-state index is 12.3. The van der Waals surface area contributed by atoms with Gasteiger partial charge in [-0.15, -0.1) is 0 Å². The lowest BCUT2D eigenvalue weighted by molar-refractivity contribution is -0.137. The molecule has 0 aromatic heterocycles. The van der Waals surface area contributed by atoms with E-state index in [0.717, 1.165) is 30.9 Å². The molecule has 0 bridgehead atoms. The second-order valence-electron chi connectivity index (χ2n) is 5.40. The highest BCUT2D eigenvalue weighted by Gasteiger charge is 2.27. The number of nitrogens with one attached hydrogen (secondary N) is 1. The van der Waals surface area contributed by atoms with Crippen LogP contribution in [0.3, 0.4) is 0 Å². The summed E-state index contributed by atoms with van der Waals surface area (Å²) in [4.78, 5) is 16.2. The Morgan fingerprint density at radius 1 is 1.30 bits per heavy atom. The molecule has 5 heteroatoms. The fraction of sp³-hybridized carbons (Fsp3) is 0.533. The maximum Gasteiger partial charge on any atom is 0.265 e. The Hall–Kier alpha value is -1.75. The van der Waals surface area contributed by atoms with E-state index < -0.39 is 6.10 Å². The molecule has 20 heavy (non-hydrogen) atoms. The maximum absolute atomic E-state index is 12.3. The van der Waals surface area contributed by atoms with E-state index in [1.165, 1.54) is 0 Å². The summed E-state index contributed by atoms with van der Waals surface area (Å²) in [5.74, 6) is 0.782. The largest absolute Gasteiger partial charge is 0.477 e. The Morgan fingerprint density at radius 3 is 2.80 bits per heavy atom. The van der Waals surface area contributed by atoms with Crippen molar-refractivity contribution in [2.24, 2.45) is 0 Å². The molecule has 1 aromatic rings. The van der Waals surface area contributed by atoms with Gasteiger partial charge < -0.3 is 19.9 Å². The molecule has 1 atom stereocenters. The fourth-order valence-electron chi connectivity index (χ4n) is 2.23. The predicted octanol–water partition coefficient (Wildman–Crippen LogP) is 1.27. The van der Waals surface area contributed by atoms with Crippen molar-refractivity contribution in [3.8, 4) is 5.75 Å². The molecular weight excluding hydrogens is 254 g/mol. The van der Waals surface area contributed by atoms with Gasteiger partial charge in [0.15, 0.2) is 6.10 Å². The second-order valence-corrected chi connectivity index (χ2v) is 5.40. The molecular formula is C15H23N3O2. The molecule has 1 unspecified atom stereocenters. The molecule has 5 nitrogen and oxygen atoms in total. The molecule has 0 aliphatic carbocycles. The van der Waals surface area contributed by atoms with Crippen LogP contribution in [0.15, 0.2) is 24.3 Å². The highest BCUT2D eigenvalue weighted by molar-refractivity contribution is 5.83. The molecule has 1 N–H and O–H groups in total. The molecule has 1 aromatic carbocycles. The zero-order valence-electron chi connectivity index (χ0n) is 12.4. The van der Waals surface area contributed by atoms with Gasteiger partial charge in [-0.05, 0) is 39.2 Å². The number of anilines is 1. The average molecular weight is 277 g/mol. The van der Waals surface area contributed by atoms with Crippen LogP contribution in [-0.2, 0) is 4.79 Å². The van der Waals surface area contributed by atoms with Gasteiger partial charge in [0.2, 0.25) is 0 Å². The number of fused-ring (bicyclic) bond motifs is 1. The topological polar surface area (TPSA) is 44.8 Å². The zero-order valence-corrected chi connectivity index (χ0v) is 12.4. The van der Waals surface area contributed by atoms with E-state index >= 15 is 0 Å². The molecule has 2 rings (SSSR count). The minimum atomic E-state index is -0.436. The molecule has 1 aliphatic rings. The Labute approximate surface area is 120 Å². The molecule has 1 aliphatic heterocycles. The molecule has 1 amide bonds. The van der Waals surface area contributed by atoms with Crippen molar-refractivity contribution in [3.05, 3.63) is 24.3 Å². The molecule has 0 saturated heterocycles. The van der Waals surface area contributed by atoms with Gasteiger partial charge in [-0.1, -0.05) is 12.1 Å². The highest BCUT2D eigenvalue weighted by atomic mass is 16.5. The van der Waals surface area contributed by atoms with Crippen LogP contribution in [0.4, 0.5) is 5.69 Å². The lowest BCUT2D eigenvalue weighted by Crippen LogP contribution is -2.46. The number of carbonyl (C=O) groups excluding carboxylic acids is 1. The Bertz CT molecular complexity index is 462. The molecule has 110 valence electrons. The number of hydrogen-bond acceptors (Lipinski definition) is 4. The summed E-state index contributed by atoms with van der Waals surface area (Å²) in [5.41, 5.74) is 0.951. The summed E-state index contributed by atoms with van der Waals surface area (Å²) in [6.45, 7) is 2.25. The van der Waals surface area contributed by atoms with E-state index in [1.807, 2.05) is 45.4 Å². The number of nitrogens with zero attached hydrogens (tertiary/aromatic N) is 2. The van der Waals surface area contributed by atoms with Crippen LogP contribution in [0.5, 0.6) is 5.75 Å². The van der Waals surface area contributed by atoms with Crippen molar-refractivity contribution in [1.82, 2.24) is 9.80 Å². The minimum absolute atomic E-state index is 0.0331. The Kier molecular flexibility index (Phi) is 4.84. The first-order valence-electron chi connectivity index (χ1n) is 6.97. The number of hydrogen-bond donors (Lipinski definition) is 1.